The van der Waals surface area contributed by atoms with E-state index >= 15 is 0 Å². The second-order valence-electron chi connectivity index (χ2n) is 5.30. The number of hydrogen-bond donors (Lipinski definition) is 2. The third kappa shape index (κ3) is 3.54. The summed E-state index contributed by atoms with van der Waals surface area (Å²) in [7, 11) is -5.80. The zero-order valence-corrected chi connectivity index (χ0v) is 13.5. The smallest absolute Gasteiger partial charge is 0.244 e. The van der Waals surface area contributed by atoms with Crippen molar-refractivity contribution in [1.29, 1.82) is 0 Å². The predicted octanol–water partition coefficient (Wildman–Crippen LogP) is 0.406. The molecule has 1 saturated carbocycles. The molecule has 21 heavy (non-hydrogen) atoms. The lowest BCUT2D eigenvalue weighted by atomic mass is 10.3. The average Bonchev–Trinajstić information content (AvgIpc) is 3.20. The van der Waals surface area contributed by atoms with Gasteiger partial charge in [-0.15, -0.1) is 0 Å². The lowest BCUT2D eigenvalue weighted by molar-refractivity contribution is 0.453. The molecule has 0 atom stereocenters. The highest BCUT2D eigenvalue weighted by atomic mass is 32.2. The standard InChI is InChI=1S/C12H19N3O4S2/c1-15(8-9-3-4-9)21(18,19)12-7-10(20(2,16)17)5-6-11(12)14-13/h5-7,9,14H,3-4,8,13H2,1-2H3. The highest BCUT2D eigenvalue weighted by Crippen LogP contribution is 2.32. The largest absolute Gasteiger partial charge is 0.323 e. The zero-order chi connectivity index (χ0) is 15.8. The molecule has 2 rings (SSSR count). The molecule has 0 radical (unpaired) electrons. The lowest BCUT2D eigenvalue weighted by Gasteiger charge is -2.19. The van der Waals surface area contributed by atoms with Gasteiger partial charge in [0.15, 0.2) is 9.84 Å². The number of sulfone groups is 1. The first kappa shape index (κ1) is 16.2. The summed E-state index contributed by atoms with van der Waals surface area (Å²) in [6, 6.07) is 3.82. The van der Waals surface area contributed by atoms with Crippen molar-refractivity contribution in [1.82, 2.24) is 4.31 Å². The number of nitrogens with zero attached hydrogens (tertiary/aromatic N) is 1. The van der Waals surface area contributed by atoms with E-state index in [1.54, 1.807) is 0 Å². The molecular weight excluding hydrogens is 314 g/mol. The number of nitrogens with two attached hydrogens (primary N) is 1. The van der Waals surface area contributed by atoms with E-state index in [2.05, 4.69) is 5.43 Å². The Morgan fingerprint density at radius 3 is 2.38 bits per heavy atom. The molecule has 9 heteroatoms. The molecule has 1 aromatic rings. The van der Waals surface area contributed by atoms with Crippen molar-refractivity contribution in [2.24, 2.45) is 11.8 Å². The third-order valence-corrected chi connectivity index (χ3v) is 6.41. The van der Waals surface area contributed by atoms with E-state index < -0.39 is 19.9 Å². The van der Waals surface area contributed by atoms with E-state index in [9.17, 15) is 16.8 Å². The van der Waals surface area contributed by atoms with Crippen LogP contribution in [0.15, 0.2) is 28.0 Å². The van der Waals surface area contributed by atoms with Crippen molar-refractivity contribution in [3.05, 3.63) is 18.2 Å². The first-order valence-electron chi connectivity index (χ1n) is 6.43. The van der Waals surface area contributed by atoms with Crippen LogP contribution >= 0.6 is 0 Å². The van der Waals surface area contributed by atoms with E-state index in [0.29, 0.717) is 12.5 Å². The van der Waals surface area contributed by atoms with Crippen molar-refractivity contribution < 1.29 is 16.8 Å². The Kier molecular flexibility index (Phi) is 4.29. The highest BCUT2D eigenvalue weighted by Gasteiger charge is 2.31. The van der Waals surface area contributed by atoms with Crippen LogP contribution in [0.25, 0.3) is 0 Å². The number of sulfonamides is 1. The average molecular weight is 333 g/mol. The minimum absolute atomic E-state index is 0.0557. The molecule has 0 aromatic heterocycles. The number of anilines is 1. The molecule has 0 spiro atoms. The Morgan fingerprint density at radius 1 is 1.29 bits per heavy atom. The van der Waals surface area contributed by atoms with Gasteiger partial charge in [0, 0.05) is 19.8 Å². The molecule has 1 aliphatic carbocycles. The van der Waals surface area contributed by atoms with Gasteiger partial charge in [0.1, 0.15) is 4.90 Å². The van der Waals surface area contributed by atoms with Gasteiger partial charge in [-0.25, -0.2) is 21.1 Å². The molecule has 0 aliphatic heterocycles. The van der Waals surface area contributed by atoms with Gasteiger partial charge in [0.05, 0.1) is 10.6 Å². The van der Waals surface area contributed by atoms with Crippen LogP contribution in [0.1, 0.15) is 12.8 Å². The Morgan fingerprint density at radius 2 is 1.90 bits per heavy atom. The fourth-order valence-electron chi connectivity index (χ4n) is 2.00. The van der Waals surface area contributed by atoms with Gasteiger partial charge in [0.25, 0.3) is 0 Å². The summed E-state index contributed by atoms with van der Waals surface area (Å²) in [4.78, 5) is -0.184. The van der Waals surface area contributed by atoms with Crippen molar-refractivity contribution in [2.45, 2.75) is 22.6 Å². The topological polar surface area (TPSA) is 110 Å². The molecule has 0 amide bonds. The molecule has 0 heterocycles. The summed E-state index contributed by atoms with van der Waals surface area (Å²) in [5.41, 5.74) is 2.47. The highest BCUT2D eigenvalue weighted by molar-refractivity contribution is 7.91. The number of nitrogens with one attached hydrogen (secondary N) is 1. The van der Waals surface area contributed by atoms with Gasteiger partial charge >= 0.3 is 0 Å². The van der Waals surface area contributed by atoms with Crippen LogP contribution in [0.3, 0.4) is 0 Å². The van der Waals surface area contributed by atoms with Crippen LogP contribution in [-0.2, 0) is 19.9 Å². The summed E-state index contributed by atoms with van der Waals surface area (Å²) >= 11 is 0. The zero-order valence-electron chi connectivity index (χ0n) is 11.9. The molecule has 1 fully saturated rings. The lowest BCUT2D eigenvalue weighted by Crippen LogP contribution is -2.30. The van der Waals surface area contributed by atoms with Gasteiger partial charge < -0.3 is 5.43 Å². The Labute approximate surface area is 125 Å². The molecule has 0 saturated heterocycles. The van der Waals surface area contributed by atoms with Gasteiger partial charge in [0.2, 0.25) is 10.0 Å². The van der Waals surface area contributed by atoms with E-state index in [4.69, 9.17) is 5.84 Å². The van der Waals surface area contributed by atoms with Crippen LogP contribution in [-0.4, -0.2) is 41.0 Å². The van der Waals surface area contributed by atoms with Crippen LogP contribution < -0.4 is 11.3 Å². The molecule has 7 nitrogen and oxygen atoms in total. The summed E-state index contributed by atoms with van der Waals surface area (Å²) in [6.07, 6.45) is 3.07. The Balaban J connectivity index is 2.48. The van der Waals surface area contributed by atoms with Gasteiger partial charge in [-0.2, -0.15) is 0 Å². The second-order valence-corrected chi connectivity index (χ2v) is 9.33. The molecule has 118 valence electrons. The number of nitrogen functional groups attached to an aromatic ring is 1. The maximum atomic E-state index is 12.6. The second kappa shape index (κ2) is 5.56. The summed E-state index contributed by atoms with van der Waals surface area (Å²) in [5.74, 6) is 5.72. The number of rotatable bonds is 6. The number of hydrazine groups is 1. The summed E-state index contributed by atoms with van der Waals surface area (Å²) in [6.45, 7) is 0.426. The van der Waals surface area contributed by atoms with Gasteiger partial charge in [-0.3, -0.25) is 5.84 Å². The van der Waals surface area contributed by atoms with Crippen LogP contribution in [0.2, 0.25) is 0 Å². The maximum Gasteiger partial charge on any atom is 0.244 e. The van der Waals surface area contributed by atoms with Crippen molar-refractivity contribution in [2.75, 3.05) is 25.3 Å². The Hall–Kier alpha value is -1.16. The van der Waals surface area contributed by atoms with Crippen LogP contribution in [0, 0.1) is 5.92 Å². The quantitative estimate of drug-likeness (QED) is 0.576. The van der Waals surface area contributed by atoms with Gasteiger partial charge in [-0.1, -0.05) is 0 Å². The fourth-order valence-corrected chi connectivity index (χ4v) is 4.14. The van der Waals surface area contributed by atoms with Crippen molar-refractivity contribution >= 4 is 25.5 Å². The van der Waals surface area contributed by atoms with E-state index in [0.717, 1.165) is 25.2 Å². The molecular formula is C12H19N3O4S2. The molecule has 1 aliphatic rings. The fraction of sp³-hybridized carbons (Fsp3) is 0.500. The summed E-state index contributed by atoms with van der Waals surface area (Å²) < 4.78 is 49.6. The minimum Gasteiger partial charge on any atom is -0.323 e. The van der Waals surface area contributed by atoms with Crippen LogP contribution in [0.5, 0.6) is 0 Å². The maximum absolute atomic E-state index is 12.6. The van der Waals surface area contributed by atoms with E-state index in [-0.39, 0.29) is 15.5 Å². The van der Waals surface area contributed by atoms with Crippen LogP contribution in [0.4, 0.5) is 5.69 Å². The SMILES string of the molecule is CN(CC1CC1)S(=O)(=O)c1cc(S(C)(=O)=O)ccc1NN. The first-order valence-corrected chi connectivity index (χ1v) is 9.76. The molecule has 0 bridgehead atoms. The summed E-state index contributed by atoms with van der Waals surface area (Å²) in [5, 5.41) is 0. The van der Waals surface area contributed by atoms with Crippen molar-refractivity contribution in [3.8, 4) is 0 Å². The van der Waals surface area contributed by atoms with E-state index in [1.165, 1.54) is 23.5 Å². The molecule has 3 N–H and O–H groups in total. The van der Waals surface area contributed by atoms with Crippen molar-refractivity contribution in [3.63, 3.8) is 0 Å². The molecule has 1 aromatic carbocycles. The monoisotopic (exact) mass is 333 g/mol. The third-order valence-electron chi connectivity index (χ3n) is 3.44. The Bertz CT molecular complexity index is 740. The normalized spacial score (nSPS) is 16.2. The predicted molar refractivity (Wildman–Crippen MR) is 79.9 cm³/mol. The number of hydrogen-bond acceptors (Lipinski definition) is 6. The number of benzene rings is 1. The van der Waals surface area contributed by atoms with E-state index in [1.807, 2.05) is 0 Å². The molecule has 0 unspecified atom stereocenters. The first-order chi connectivity index (χ1) is 9.66. The minimum atomic E-state index is -3.79. The van der Waals surface area contributed by atoms with Gasteiger partial charge in [-0.05, 0) is 37.0 Å².